The zero-order valence-electron chi connectivity index (χ0n) is 16.8. The predicted molar refractivity (Wildman–Crippen MR) is 113 cm³/mol. The number of aryl methyl sites for hydroxylation is 3. The molecular weight excluding hydrogens is 394 g/mol. The average molecular weight is 423 g/mol. The van der Waals surface area contributed by atoms with Crippen LogP contribution in [0.5, 0.6) is 0 Å². The van der Waals surface area contributed by atoms with E-state index in [-0.39, 0.29) is 11.9 Å². The van der Waals surface area contributed by atoms with E-state index in [9.17, 15) is 13.2 Å². The van der Waals surface area contributed by atoms with E-state index in [0.717, 1.165) is 21.7 Å². The standard InChI is InChI=1S/C20H27N3O3S2/c1-14-12-15(2)19(16(3)13-14)21-20(24)17(4)22-7-9-23(10-8-22)28(25,26)18-6-5-11-27-18/h5-6,11-13,17H,7-10H2,1-4H3,(H,21,24)/p+1/t17-/m0/s1. The van der Waals surface area contributed by atoms with E-state index < -0.39 is 10.0 Å². The van der Waals surface area contributed by atoms with E-state index in [4.69, 9.17) is 0 Å². The van der Waals surface area contributed by atoms with Crippen molar-refractivity contribution in [3.8, 4) is 0 Å². The van der Waals surface area contributed by atoms with Crippen LogP contribution in [0.3, 0.4) is 0 Å². The molecule has 1 aromatic heterocycles. The van der Waals surface area contributed by atoms with E-state index in [1.807, 2.05) is 27.7 Å². The fourth-order valence-corrected chi connectivity index (χ4v) is 6.36. The number of thiophene rings is 1. The molecule has 152 valence electrons. The summed E-state index contributed by atoms with van der Waals surface area (Å²) in [5, 5.41) is 4.85. The van der Waals surface area contributed by atoms with Crippen LogP contribution in [0.15, 0.2) is 33.9 Å². The molecule has 0 unspecified atom stereocenters. The molecule has 2 heterocycles. The molecule has 28 heavy (non-hydrogen) atoms. The van der Waals surface area contributed by atoms with Gasteiger partial charge in [-0.05, 0) is 50.3 Å². The van der Waals surface area contributed by atoms with Crippen molar-refractivity contribution in [1.82, 2.24) is 4.31 Å². The maximum Gasteiger partial charge on any atom is 0.282 e. The Morgan fingerprint density at radius 3 is 2.32 bits per heavy atom. The smallest absolute Gasteiger partial charge is 0.282 e. The summed E-state index contributed by atoms with van der Waals surface area (Å²) in [7, 11) is -3.41. The molecule has 1 saturated heterocycles. The summed E-state index contributed by atoms with van der Waals surface area (Å²) in [6.45, 7) is 10.0. The number of amides is 1. The lowest BCUT2D eigenvalue weighted by atomic mass is 10.0. The second-order valence-corrected chi connectivity index (χ2v) is 10.6. The van der Waals surface area contributed by atoms with E-state index >= 15 is 0 Å². The summed E-state index contributed by atoms with van der Waals surface area (Å²) in [5.74, 6) is -0.0281. The molecule has 0 aliphatic carbocycles. The molecule has 1 atom stereocenters. The first kappa shape index (κ1) is 21.0. The van der Waals surface area contributed by atoms with Crippen molar-refractivity contribution < 1.29 is 18.1 Å². The number of sulfonamides is 1. The number of quaternary nitrogens is 1. The van der Waals surface area contributed by atoms with Crippen molar-refractivity contribution in [3.63, 3.8) is 0 Å². The Morgan fingerprint density at radius 2 is 1.79 bits per heavy atom. The number of carbonyl (C=O) groups excluding carboxylic acids is 1. The van der Waals surface area contributed by atoms with E-state index in [1.54, 1.807) is 17.5 Å². The highest BCUT2D eigenvalue weighted by Gasteiger charge is 2.35. The van der Waals surface area contributed by atoms with Crippen molar-refractivity contribution in [2.24, 2.45) is 0 Å². The zero-order chi connectivity index (χ0) is 20.5. The van der Waals surface area contributed by atoms with Gasteiger partial charge in [-0.15, -0.1) is 11.3 Å². The third-order valence-corrected chi connectivity index (χ3v) is 8.66. The summed E-state index contributed by atoms with van der Waals surface area (Å²) < 4.78 is 27.2. The zero-order valence-corrected chi connectivity index (χ0v) is 18.4. The van der Waals surface area contributed by atoms with Crippen LogP contribution in [-0.2, 0) is 14.8 Å². The minimum atomic E-state index is -3.41. The Hall–Kier alpha value is -1.74. The molecular formula is C20H28N3O3S2+. The lowest BCUT2D eigenvalue weighted by Gasteiger charge is -2.34. The van der Waals surface area contributed by atoms with Gasteiger partial charge in [-0.3, -0.25) is 4.79 Å². The van der Waals surface area contributed by atoms with E-state index in [0.29, 0.717) is 30.4 Å². The lowest BCUT2D eigenvalue weighted by molar-refractivity contribution is -0.917. The van der Waals surface area contributed by atoms with Gasteiger partial charge in [0.05, 0.1) is 26.2 Å². The molecule has 6 nitrogen and oxygen atoms in total. The van der Waals surface area contributed by atoms with Crippen LogP contribution >= 0.6 is 11.3 Å². The number of carbonyl (C=O) groups is 1. The number of hydrogen-bond acceptors (Lipinski definition) is 4. The van der Waals surface area contributed by atoms with Gasteiger partial charge in [-0.1, -0.05) is 23.8 Å². The van der Waals surface area contributed by atoms with Gasteiger partial charge in [-0.25, -0.2) is 8.42 Å². The number of anilines is 1. The van der Waals surface area contributed by atoms with E-state index in [2.05, 4.69) is 17.4 Å². The van der Waals surface area contributed by atoms with Crippen molar-refractivity contribution in [1.29, 1.82) is 0 Å². The number of nitrogens with one attached hydrogen (secondary N) is 2. The minimum absolute atomic E-state index is 0.0281. The molecule has 3 rings (SSSR count). The third kappa shape index (κ3) is 4.30. The molecule has 2 aromatic rings. The van der Waals surface area contributed by atoms with Gasteiger partial charge in [0.2, 0.25) is 0 Å². The van der Waals surface area contributed by atoms with Gasteiger partial charge in [-0.2, -0.15) is 4.31 Å². The first-order chi connectivity index (χ1) is 13.2. The van der Waals surface area contributed by atoms with Crippen LogP contribution in [0.1, 0.15) is 23.6 Å². The van der Waals surface area contributed by atoms with Crippen molar-refractivity contribution in [2.45, 2.75) is 37.9 Å². The molecule has 1 amide bonds. The second kappa shape index (κ2) is 8.32. The molecule has 2 N–H and O–H groups in total. The van der Waals surface area contributed by atoms with Gasteiger partial charge < -0.3 is 10.2 Å². The molecule has 0 spiro atoms. The van der Waals surface area contributed by atoms with Crippen molar-refractivity contribution in [3.05, 3.63) is 46.3 Å². The summed E-state index contributed by atoms with van der Waals surface area (Å²) in [6.07, 6.45) is 0. The maximum absolute atomic E-state index is 12.8. The predicted octanol–water partition coefficient (Wildman–Crippen LogP) is 1.59. The van der Waals surface area contributed by atoms with Gasteiger partial charge >= 0.3 is 0 Å². The van der Waals surface area contributed by atoms with Crippen LogP contribution in [0.25, 0.3) is 0 Å². The van der Waals surface area contributed by atoms with Crippen molar-refractivity contribution >= 4 is 33.0 Å². The number of rotatable bonds is 5. The molecule has 1 fully saturated rings. The fourth-order valence-electron chi connectivity index (χ4n) is 3.78. The molecule has 1 aliphatic heterocycles. The Morgan fingerprint density at radius 1 is 1.18 bits per heavy atom. The second-order valence-electron chi connectivity index (χ2n) is 7.48. The molecule has 1 aromatic carbocycles. The molecule has 0 saturated carbocycles. The molecule has 1 aliphatic rings. The fraction of sp³-hybridized carbons (Fsp3) is 0.450. The first-order valence-corrected chi connectivity index (χ1v) is 11.8. The number of nitrogens with zero attached hydrogens (tertiary/aromatic N) is 1. The highest BCUT2D eigenvalue weighted by atomic mass is 32.2. The summed E-state index contributed by atoms with van der Waals surface area (Å²) in [5.41, 5.74) is 4.16. The highest BCUT2D eigenvalue weighted by Crippen LogP contribution is 2.22. The first-order valence-electron chi connectivity index (χ1n) is 9.47. The van der Waals surface area contributed by atoms with Crippen LogP contribution in [-0.4, -0.2) is 50.9 Å². The van der Waals surface area contributed by atoms with Crippen LogP contribution in [0.4, 0.5) is 5.69 Å². The largest absolute Gasteiger partial charge is 0.323 e. The minimum Gasteiger partial charge on any atom is -0.323 e. The topological polar surface area (TPSA) is 70.9 Å². The maximum atomic E-state index is 12.8. The van der Waals surface area contributed by atoms with Gasteiger partial charge in [0.15, 0.2) is 6.04 Å². The summed E-state index contributed by atoms with van der Waals surface area (Å²) in [6, 6.07) is 7.27. The third-order valence-electron chi connectivity index (χ3n) is 5.38. The summed E-state index contributed by atoms with van der Waals surface area (Å²) >= 11 is 1.24. The highest BCUT2D eigenvalue weighted by molar-refractivity contribution is 7.91. The van der Waals surface area contributed by atoms with E-state index in [1.165, 1.54) is 21.2 Å². The van der Waals surface area contributed by atoms with Crippen LogP contribution in [0.2, 0.25) is 0 Å². The lowest BCUT2D eigenvalue weighted by Crippen LogP contribution is -3.19. The number of hydrogen-bond donors (Lipinski definition) is 2. The Kier molecular flexibility index (Phi) is 6.24. The quantitative estimate of drug-likeness (QED) is 0.769. The molecule has 0 radical (unpaired) electrons. The monoisotopic (exact) mass is 422 g/mol. The molecule has 0 bridgehead atoms. The Bertz CT molecular complexity index is 924. The summed E-state index contributed by atoms with van der Waals surface area (Å²) in [4.78, 5) is 13.9. The SMILES string of the molecule is Cc1cc(C)c(NC(=O)[C@H](C)[NH+]2CCN(S(=O)(=O)c3cccs3)CC2)c(C)c1. The Labute approximate surface area is 171 Å². The van der Waals surface area contributed by atoms with Gasteiger partial charge in [0, 0.05) is 5.69 Å². The number of benzene rings is 1. The molecule has 8 heteroatoms. The van der Waals surface area contributed by atoms with Gasteiger partial charge in [0.25, 0.3) is 15.9 Å². The van der Waals surface area contributed by atoms with Crippen LogP contribution < -0.4 is 10.2 Å². The normalized spacial score (nSPS) is 17.4. The Balaban J connectivity index is 1.62. The van der Waals surface area contributed by atoms with Crippen LogP contribution in [0, 0.1) is 20.8 Å². The number of piperazine rings is 1. The van der Waals surface area contributed by atoms with Crippen molar-refractivity contribution in [2.75, 3.05) is 31.5 Å². The van der Waals surface area contributed by atoms with Gasteiger partial charge in [0.1, 0.15) is 4.21 Å². The average Bonchev–Trinajstić information content (AvgIpc) is 3.19.